The van der Waals surface area contributed by atoms with Crippen LogP contribution < -0.4 is 0 Å². The van der Waals surface area contributed by atoms with Crippen LogP contribution in [-0.2, 0) is 9.22 Å². The van der Waals surface area contributed by atoms with Crippen molar-refractivity contribution in [1.29, 1.82) is 0 Å². The third-order valence-electron chi connectivity index (χ3n) is 0.864. The highest BCUT2D eigenvalue weighted by molar-refractivity contribution is 6.50. The minimum atomic E-state index is -1.15. The maximum absolute atomic E-state index is 9.59. The Bertz CT molecular complexity index is 112. The van der Waals surface area contributed by atoms with Crippen molar-refractivity contribution in [3.05, 3.63) is 0 Å². The molecule has 0 saturated carbocycles. The van der Waals surface area contributed by atoms with Crippen LogP contribution in [0.1, 0.15) is 6.92 Å². The maximum atomic E-state index is 9.59. The van der Waals surface area contributed by atoms with Crippen molar-refractivity contribution in [2.75, 3.05) is 12.8 Å². The molecular weight excluding hydrogens is 134 g/mol. The summed E-state index contributed by atoms with van der Waals surface area (Å²) in [6.07, 6.45) is 2.04. The number of carbonyl (C=O) groups excluding carboxylic acids is 1. The Labute approximate surface area is 56.5 Å². The summed E-state index contributed by atoms with van der Waals surface area (Å²) in [6.45, 7) is 4.67. The minimum Gasteiger partial charge on any atom is -0.419 e. The van der Waals surface area contributed by atoms with Crippen LogP contribution in [0.4, 0.5) is 0 Å². The molecule has 3 nitrogen and oxygen atoms in total. The minimum absolute atomic E-state index is 0.553. The summed E-state index contributed by atoms with van der Waals surface area (Å²) in [6, 6.07) is 0. The summed E-state index contributed by atoms with van der Waals surface area (Å²) < 4.78 is 5.21. The summed E-state index contributed by atoms with van der Waals surface area (Å²) in [5.41, 5.74) is 0. The zero-order chi connectivity index (χ0) is 7.11. The predicted octanol–water partition coefficient (Wildman–Crippen LogP) is 0.252. The van der Waals surface area contributed by atoms with Crippen LogP contribution in [0, 0.1) is 0 Å². The molecule has 0 bridgehead atoms. The van der Waals surface area contributed by atoms with Crippen molar-refractivity contribution < 1.29 is 9.22 Å². The molecule has 52 valence electrons. The van der Waals surface area contributed by atoms with Crippen molar-refractivity contribution in [2.24, 2.45) is 4.99 Å². The van der Waals surface area contributed by atoms with Crippen LogP contribution in [0.3, 0.4) is 0 Å². The smallest absolute Gasteiger partial charge is 0.234 e. The fraction of sp³-hybridized carbons (Fsp3) is 0.800. The molecule has 0 fully saturated rings. The Hall–Kier alpha value is -0.443. The van der Waals surface area contributed by atoms with Crippen LogP contribution in [0.2, 0.25) is 6.55 Å². The van der Waals surface area contributed by atoms with E-state index < -0.39 is 9.04 Å². The lowest BCUT2D eigenvalue weighted by molar-refractivity contribution is 0.346. The Balaban J connectivity index is 3.25. The Morgan fingerprint density at radius 3 is 2.89 bits per heavy atom. The van der Waals surface area contributed by atoms with Crippen LogP contribution >= 0.6 is 0 Å². The molecule has 0 aromatic heterocycles. The zero-order valence-electron chi connectivity index (χ0n) is 5.76. The highest BCUT2D eigenvalue weighted by Crippen LogP contribution is 1.84. The molecule has 0 N–H and O–H groups in total. The molecule has 0 saturated heterocycles. The largest absolute Gasteiger partial charge is 0.419 e. The maximum Gasteiger partial charge on any atom is 0.234 e. The van der Waals surface area contributed by atoms with Crippen molar-refractivity contribution in [3.63, 3.8) is 0 Å². The topological polar surface area (TPSA) is 38.7 Å². The average Bonchev–Trinajstić information content (AvgIpc) is 1.85. The van der Waals surface area contributed by atoms with Gasteiger partial charge >= 0.3 is 0 Å². The van der Waals surface area contributed by atoms with Gasteiger partial charge in [-0.2, -0.15) is 0 Å². The molecule has 0 aromatic rings. The van der Waals surface area contributed by atoms with E-state index in [1.54, 1.807) is 0 Å². The molecule has 1 atom stereocenters. The van der Waals surface area contributed by atoms with Gasteiger partial charge in [0.15, 0.2) is 9.04 Å². The second-order valence-corrected chi connectivity index (χ2v) is 4.02. The monoisotopic (exact) mass is 145 g/mol. The van der Waals surface area contributed by atoms with E-state index >= 15 is 0 Å². The van der Waals surface area contributed by atoms with E-state index in [9.17, 15) is 4.79 Å². The van der Waals surface area contributed by atoms with E-state index in [0.29, 0.717) is 6.17 Å². The summed E-state index contributed by atoms with van der Waals surface area (Å²) in [4.78, 5) is 13.0. The highest BCUT2D eigenvalue weighted by Gasteiger charge is 1.99. The van der Waals surface area contributed by atoms with Crippen molar-refractivity contribution in [1.82, 2.24) is 0 Å². The average molecular weight is 145 g/mol. The molecule has 0 spiro atoms. The van der Waals surface area contributed by atoms with Gasteiger partial charge in [0.05, 0.1) is 6.17 Å². The molecule has 0 aliphatic heterocycles. The van der Waals surface area contributed by atoms with Gasteiger partial charge < -0.3 is 4.43 Å². The second kappa shape index (κ2) is 5.69. The SMILES string of the molecule is CCO[SiH](C)CN=C=O. The van der Waals surface area contributed by atoms with E-state index in [0.717, 1.165) is 6.61 Å². The fourth-order valence-corrected chi connectivity index (χ4v) is 1.51. The summed E-state index contributed by atoms with van der Waals surface area (Å²) in [5.74, 6) is 0. The Kier molecular flexibility index (Phi) is 5.41. The van der Waals surface area contributed by atoms with Gasteiger partial charge in [0.2, 0.25) is 6.08 Å². The molecule has 1 unspecified atom stereocenters. The lowest BCUT2D eigenvalue weighted by Crippen LogP contribution is -2.17. The first-order valence-electron chi connectivity index (χ1n) is 2.96. The summed E-state index contributed by atoms with van der Waals surface area (Å²) >= 11 is 0. The normalized spacial score (nSPS) is 12.2. The molecular formula is C5H11NO2Si. The van der Waals surface area contributed by atoms with Crippen LogP contribution in [-0.4, -0.2) is 27.9 Å². The van der Waals surface area contributed by atoms with E-state index in [4.69, 9.17) is 4.43 Å². The van der Waals surface area contributed by atoms with Crippen molar-refractivity contribution in [2.45, 2.75) is 13.5 Å². The first-order valence-corrected chi connectivity index (χ1v) is 5.40. The number of isocyanates is 1. The lowest BCUT2D eigenvalue weighted by atomic mass is 10.9. The zero-order valence-corrected chi connectivity index (χ0v) is 6.91. The third kappa shape index (κ3) is 5.43. The number of nitrogens with zero attached hydrogens (tertiary/aromatic N) is 1. The summed E-state index contributed by atoms with van der Waals surface area (Å²) in [5, 5.41) is 0. The Morgan fingerprint density at radius 1 is 1.78 bits per heavy atom. The number of hydrogen-bond acceptors (Lipinski definition) is 3. The fourth-order valence-electron chi connectivity index (χ4n) is 0.503. The van der Waals surface area contributed by atoms with Gasteiger partial charge in [-0.05, 0) is 13.5 Å². The van der Waals surface area contributed by atoms with E-state index in [2.05, 4.69) is 4.99 Å². The van der Waals surface area contributed by atoms with Gasteiger partial charge in [-0.25, -0.2) is 9.79 Å². The molecule has 0 heterocycles. The molecule has 0 aliphatic carbocycles. The molecule has 0 radical (unpaired) electrons. The van der Waals surface area contributed by atoms with Gasteiger partial charge in [-0.1, -0.05) is 0 Å². The van der Waals surface area contributed by atoms with Crippen LogP contribution in [0.5, 0.6) is 0 Å². The standard InChI is InChI=1S/C5H11NO2Si/c1-3-8-9(2)5-6-4-7/h9H,3,5H2,1-2H3. The Morgan fingerprint density at radius 2 is 2.44 bits per heavy atom. The third-order valence-corrected chi connectivity index (χ3v) is 2.46. The highest BCUT2D eigenvalue weighted by atomic mass is 28.3. The van der Waals surface area contributed by atoms with E-state index in [1.807, 2.05) is 13.5 Å². The van der Waals surface area contributed by atoms with Gasteiger partial charge in [-0.3, -0.25) is 0 Å². The molecule has 0 amide bonds. The van der Waals surface area contributed by atoms with Gasteiger partial charge in [0.1, 0.15) is 0 Å². The number of hydrogen-bond donors (Lipinski definition) is 0. The van der Waals surface area contributed by atoms with E-state index in [-0.39, 0.29) is 0 Å². The molecule has 9 heavy (non-hydrogen) atoms. The van der Waals surface area contributed by atoms with Gasteiger partial charge in [0, 0.05) is 6.61 Å². The number of aliphatic imine (C=N–C) groups is 1. The van der Waals surface area contributed by atoms with Gasteiger partial charge in [-0.15, -0.1) is 0 Å². The van der Waals surface area contributed by atoms with E-state index in [1.165, 1.54) is 6.08 Å². The van der Waals surface area contributed by atoms with Crippen molar-refractivity contribution in [3.8, 4) is 0 Å². The quantitative estimate of drug-likeness (QED) is 0.323. The number of rotatable bonds is 4. The first kappa shape index (κ1) is 8.56. The van der Waals surface area contributed by atoms with Crippen molar-refractivity contribution >= 4 is 15.1 Å². The second-order valence-electron chi connectivity index (χ2n) is 1.70. The molecule has 4 heteroatoms. The lowest BCUT2D eigenvalue weighted by Gasteiger charge is -2.03. The van der Waals surface area contributed by atoms with Crippen LogP contribution in [0.15, 0.2) is 4.99 Å². The first-order chi connectivity index (χ1) is 4.31. The molecule has 0 aliphatic rings. The summed E-state index contributed by atoms with van der Waals surface area (Å²) in [7, 11) is -1.15. The molecule has 0 rings (SSSR count). The van der Waals surface area contributed by atoms with Crippen LogP contribution in [0.25, 0.3) is 0 Å². The predicted molar refractivity (Wildman–Crippen MR) is 37.6 cm³/mol. The van der Waals surface area contributed by atoms with Gasteiger partial charge in [0.25, 0.3) is 0 Å². The molecule has 0 aromatic carbocycles.